The van der Waals surface area contributed by atoms with E-state index in [4.69, 9.17) is 21.1 Å². The van der Waals surface area contributed by atoms with Crippen LogP contribution in [0.3, 0.4) is 0 Å². The number of methoxy groups -OCH3 is 2. The molecule has 0 aromatic heterocycles. The molecule has 0 spiro atoms. The topological polar surface area (TPSA) is 84.9 Å². The molecule has 0 aliphatic rings. The Morgan fingerprint density at radius 2 is 1.68 bits per heavy atom. The summed E-state index contributed by atoms with van der Waals surface area (Å²) in [4.78, 5) is 12.3. The summed E-state index contributed by atoms with van der Waals surface area (Å²) in [6, 6.07) is 10.4. The highest BCUT2D eigenvalue weighted by Crippen LogP contribution is 2.32. The predicted octanol–water partition coefficient (Wildman–Crippen LogP) is 3.08. The van der Waals surface area contributed by atoms with Crippen molar-refractivity contribution in [2.45, 2.75) is 24.8 Å². The molecule has 152 valence electrons. The molecule has 0 radical (unpaired) electrons. The van der Waals surface area contributed by atoms with E-state index in [1.165, 1.54) is 32.4 Å². The fraction of sp³-hybridized carbons (Fsp3) is 0.316. The van der Waals surface area contributed by atoms with Crippen LogP contribution in [0.15, 0.2) is 47.4 Å². The molecule has 0 saturated carbocycles. The first-order chi connectivity index (χ1) is 13.2. The van der Waals surface area contributed by atoms with E-state index in [1.807, 2.05) is 0 Å². The number of hydrogen-bond acceptors (Lipinski definition) is 5. The summed E-state index contributed by atoms with van der Waals surface area (Å²) in [6.45, 7) is 3.22. The van der Waals surface area contributed by atoms with Crippen molar-refractivity contribution in [3.05, 3.63) is 47.5 Å². The fourth-order valence-corrected chi connectivity index (χ4v) is 4.09. The molecule has 9 heteroatoms. The van der Waals surface area contributed by atoms with Crippen LogP contribution < -0.4 is 19.1 Å². The van der Waals surface area contributed by atoms with E-state index >= 15 is 0 Å². The average molecular weight is 427 g/mol. The van der Waals surface area contributed by atoms with Crippen molar-refractivity contribution < 1.29 is 22.7 Å². The van der Waals surface area contributed by atoms with Gasteiger partial charge < -0.3 is 14.8 Å². The third kappa shape index (κ3) is 5.08. The Balaban J connectivity index is 2.51. The number of hydrogen-bond donors (Lipinski definition) is 1. The maximum atomic E-state index is 13.3. The van der Waals surface area contributed by atoms with Crippen LogP contribution in [0.2, 0.25) is 5.02 Å². The minimum absolute atomic E-state index is 0.0301. The van der Waals surface area contributed by atoms with Crippen LogP contribution in [0, 0.1) is 0 Å². The number of benzene rings is 2. The molecule has 0 heterocycles. The second-order valence-corrected chi connectivity index (χ2v) is 8.53. The first-order valence-corrected chi connectivity index (χ1v) is 10.3. The molecule has 0 bridgehead atoms. The van der Waals surface area contributed by atoms with Gasteiger partial charge in [0, 0.05) is 17.1 Å². The minimum Gasteiger partial charge on any atom is -0.493 e. The number of nitrogens with one attached hydrogen (secondary N) is 1. The molecule has 1 amide bonds. The SMILES string of the molecule is COc1ccc(S(=O)(=O)N(CC(=O)NC(C)C)c2ccc(Cl)cc2)cc1OC. The smallest absolute Gasteiger partial charge is 0.264 e. The van der Waals surface area contributed by atoms with E-state index in [1.54, 1.807) is 38.1 Å². The molecule has 0 unspecified atom stereocenters. The van der Waals surface area contributed by atoms with Crippen LogP contribution in [0.5, 0.6) is 11.5 Å². The van der Waals surface area contributed by atoms with Gasteiger partial charge in [-0.1, -0.05) is 11.6 Å². The Labute approximate surface area is 170 Å². The average Bonchev–Trinajstić information content (AvgIpc) is 2.65. The van der Waals surface area contributed by atoms with Gasteiger partial charge in [-0.25, -0.2) is 8.42 Å². The summed E-state index contributed by atoms with van der Waals surface area (Å²) in [5.41, 5.74) is 0.318. The lowest BCUT2D eigenvalue weighted by Gasteiger charge is -2.25. The molecule has 0 aliphatic carbocycles. The minimum atomic E-state index is -4.06. The van der Waals surface area contributed by atoms with Gasteiger partial charge in [0.15, 0.2) is 11.5 Å². The molecule has 28 heavy (non-hydrogen) atoms. The summed E-state index contributed by atoms with van der Waals surface area (Å²) in [5, 5.41) is 3.16. The lowest BCUT2D eigenvalue weighted by atomic mass is 10.3. The van der Waals surface area contributed by atoms with E-state index in [0.29, 0.717) is 16.5 Å². The van der Waals surface area contributed by atoms with Gasteiger partial charge in [-0.3, -0.25) is 9.10 Å². The van der Waals surface area contributed by atoms with Gasteiger partial charge in [0.25, 0.3) is 10.0 Å². The standard InChI is InChI=1S/C19H23ClN2O5S/c1-13(2)21-19(23)12-22(15-7-5-14(20)6-8-15)28(24,25)16-9-10-17(26-3)18(11-16)27-4/h5-11,13H,12H2,1-4H3,(H,21,23). The van der Waals surface area contributed by atoms with Crippen molar-refractivity contribution in [3.63, 3.8) is 0 Å². The zero-order valence-electron chi connectivity index (χ0n) is 16.1. The van der Waals surface area contributed by atoms with Gasteiger partial charge in [0.2, 0.25) is 5.91 Å². The van der Waals surface area contributed by atoms with Crippen molar-refractivity contribution >= 4 is 33.2 Å². The molecule has 1 N–H and O–H groups in total. The van der Waals surface area contributed by atoms with Gasteiger partial charge in [-0.2, -0.15) is 0 Å². The number of carbonyl (C=O) groups is 1. The Bertz CT molecular complexity index is 930. The van der Waals surface area contributed by atoms with Crippen LogP contribution in [-0.2, 0) is 14.8 Å². The van der Waals surface area contributed by atoms with Crippen molar-refractivity contribution in [2.24, 2.45) is 0 Å². The number of halogens is 1. The fourth-order valence-electron chi connectivity index (χ4n) is 2.52. The third-order valence-corrected chi connectivity index (χ3v) is 5.82. The van der Waals surface area contributed by atoms with Crippen LogP contribution in [0.4, 0.5) is 5.69 Å². The number of anilines is 1. The van der Waals surface area contributed by atoms with Crippen LogP contribution in [0.25, 0.3) is 0 Å². The first-order valence-electron chi connectivity index (χ1n) is 8.48. The number of ether oxygens (including phenoxy) is 2. The highest BCUT2D eigenvalue weighted by Gasteiger charge is 2.28. The van der Waals surface area contributed by atoms with E-state index in [0.717, 1.165) is 4.31 Å². The molecule has 2 aromatic carbocycles. The monoisotopic (exact) mass is 426 g/mol. The van der Waals surface area contributed by atoms with Gasteiger partial charge in [-0.05, 0) is 50.2 Å². The molecule has 2 aromatic rings. The Morgan fingerprint density at radius 1 is 1.07 bits per heavy atom. The number of nitrogens with zero attached hydrogens (tertiary/aromatic N) is 1. The summed E-state index contributed by atoms with van der Waals surface area (Å²) in [5.74, 6) is 0.248. The largest absolute Gasteiger partial charge is 0.493 e. The van der Waals surface area contributed by atoms with Crippen molar-refractivity contribution in [1.29, 1.82) is 0 Å². The second-order valence-electron chi connectivity index (χ2n) is 6.23. The third-order valence-electron chi connectivity index (χ3n) is 3.79. The van der Waals surface area contributed by atoms with E-state index in [9.17, 15) is 13.2 Å². The molecular weight excluding hydrogens is 404 g/mol. The second kappa shape index (κ2) is 9.16. The predicted molar refractivity (Wildman–Crippen MR) is 109 cm³/mol. The summed E-state index contributed by atoms with van der Waals surface area (Å²) in [7, 11) is -1.18. The highest BCUT2D eigenvalue weighted by atomic mass is 35.5. The Kier molecular flexibility index (Phi) is 7.15. The Morgan fingerprint density at radius 3 is 2.21 bits per heavy atom. The molecular formula is C19H23ClN2O5S. The number of carbonyl (C=O) groups excluding carboxylic acids is 1. The quantitative estimate of drug-likeness (QED) is 0.701. The molecule has 7 nitrogen and oxygen atoms in total. The maximum absolute atomic E-state index is 13.3. The zero-order chi connectivity index (χ0) is 20.9. The zero-order valence-corrected chi connectivity index (χ0v) is 17.7. The van der Waals surface area contributed by atoms with Crippen LogP contribution >= 0.6 is 11.6 Å². The number of rotatable bonds is 8. The van der Waals surface area contributed by atoms with Crippen molar-refractivity contribution in [3.8, 4) is 11.5 Å². The van der Waals surface area contributed by atoms with Crippen LogP contribution in [0.1, 0.15) is 13.8 Å². The lowest BCUT2D eigenvalue weighted by Crippen LogP contribution is -2.42. The van der Waals surface area contributed by atoms with E-state index in [-0.39, 0.29) is 23.2 Å². The molecule has 0 fully saturated rings. The number of amides is 1. The lowest BCUT2D eigenvalue weighted by molar-refractivity contribution is -0.120. The van der Waals surface area contributed by atoms with Crippen LogP contribution in [-0.4, -0.2) is 41.1 Å². The molecule has 2 rings (SSSR count). The van der Waals surface area contributed by atoms with Gasteiger partial charge in [0.05, 0.1) is 24.8 Å². The highest BCUT2D eigenvalue weighted by molar-refractivity contribution is 7.92. The molecule has 0 atom stereocenters. The summed E-state index contributed by atoms with van der Waals surface area (Å²) in [6.07, 6.45) is 0. The summed E-state index contributed by atoms with van der Waals surface area (Å²) < 4.78 is 38.0. The summed E-state index contributed by atoms with van der Waals surface area (Å²) >= 11 is 5.92. The van der Waals surface area contributed by atoms with E-state index < -0.39 is 15.9 Å². The van der Waals surface area contributed by atoms with Gasteiger partial charge in [0.1, 0.15) is 6.54 Å². The van der Waals surface area contributed by atoms with E-state index in [2.05, 4.69) is 5.32 Å². The first kappa shape index (κ1) is 21.8. The Hall–Kier alpha value is -2.45. The normalized spacial score (nSPS) is 11.2. The molecule has 0 saturated heterocycles. The van der Waals surface area contributed by atoms with Crippen molar-refractivity contribution in [1.82, 2.24) is 5.32 Å². The molecule has 0 aliphatic heterocycles. The maximum Gasteiger partial charge on any atom is 0.264 e. The number of sulfonamides is 1. The van der Waals surface area contributed by atoms with Gasteiger partial charge >= 0.3 is 0 Å². The van der Waals surface area contributed by atoms with Gasteiger partial charge in [-0.15, -0.1) is 0 Å². The van der Waals surface area contributed by atoms with Crippen molar-refractivity contribution in [2.75, 3.05) is 25.1 Å².